The Morgan fingerprint density at radius 3 is 2.45 bits per heavy atom. The molecule has 0 saturated carbocycles. The number of carboxylic acids is 1. The highest BCUT2D eigenvalue weighted by atomic mass is 19.1. The molecule has 0 spiro atoms. The fraction of sp³-hybridized carbons (Fsp3) is 0.258. The number of hydrogen-bond donors (Lipinski definition) is 2. The number of hydrogen-bond acceptors (Lipinski definition) is 3. The first kappa shape index (κ1) is 25.8. The average Bonchev–Trinajstić information content (AvgIpc) is 2.91. The number of anilines is 1. The van der Waals surface area contributed by atoms with Crippen molar-refractivity contribution in [2.75, 3.05) is 24.5 Å². The molecule has 2 unspecified atom stereocenters. The van der Waals surface area contributed by atoms with Gasteiger partial charge in [0, 0.05) is 25.0 Å². The lowest BCUT2D eigenvalue weighted by atomic mass is 9.80. The molecule has 1 fully saturated rings. The van der Waals surface area contributed by atoms with Crippen molar-refractivity contribution in [3.63, 3.8) is 0 Å². The number of benzene rings is 4. The van der Waals surface area contributed by atoms with Crippen LogP contribution in [0.25, 0.3) is 10.8 Å². The van der Waals surface area contributed by atoms with Gasteiger partial charge in [0.25, 0.3) is 0 Å². The Morgan fingerprint density at radius 2 is 1.71 bits per heavy atom. The zero-order valence-corrected chi connectivity index (χ0v) is 21.0. The monoisotopic (exact) mass is 518 g/mol. The fourth-order valence-electron chi connectivity index (χ4n) is 5.62. The van der Waals surface area contributed by atoms with Crippen molar-refractivity contribution in [3.05, 3.63) is 113 Å². The van der Waals surface area contributed by atoms with Crippen molar-refractivity contribution in [1.82, 2.24) is 5.32 Å². The predicted molar refractivity (Wildman–Crippen MR) is 143 cm³/mol. The van der Waals surface area contributed by atoms with Crippen LogP contribution in [0.4, 0.5) is 18.9 Å². The molecule has 0 bridgehead atoms. The van der Waals surface area contributed by atoms with Gasteiger partial charge >= 0.3 is 5.97 Å². The largest absolute Gasteiger partial charge is 0.478 e. The van der Waals surface area contributed by atoms with E-state index < -0.39 is 23.2 Å². The molecule has 1 saturated heterocycles. The molecule has 1 aliphatic rings. The number of piperidine rings is 1. The molecule has 4 aromatic carbocycles. The van der Waals surface area contributed by atoms with Crippen molar-refractivity contribution in [1.29, 1.82) is 0 Å². The normalized spacial score (nSPS) is 18.5. The third-order valence-corrected chi connectivity index (χ3v) is 7.59. The van der Waals surface area contributed by atoms with Crippen LogP contribution in [-0.4, -0.2) is 30.7 Å². The fourth-order valence-corrected chi connectivity index (χ4v) is 5.62. The van der Waals surface area contributed by atoms with Gasteiger partial charge in [0.1, 0.15) is 23.1 Å². The summed E-state index contributed by atoms with van der Waals surface area (Å²) < 4.78 is 44.0. The van der Waals surface area contributed by atoms with Crippen molar-refractivity contribution < 1.29 is 23.1 Å². The maximum Gasteiger partial charge on any atom is 0.335 e. The molecule has 4 aromatic rings. The second-order valence-electron chi connectivity index (χ2n) is 9.95. The van der Waals surface area contributed by atoms with Crippen LogP contribution in [0.3, 0.4) is 0 Å². The number of aromatic carboxylic acids is 1. The number of fused-ring (bicyclic) bond motifs is 1. The Hall–Kier alpha value is -3.84. The van der Waals surface area contributed by atoms with E-state index >= 15 is 0 Å². The second-order valence-corrected chi connectivity index (χ2v) is 9.95. The summed E-state index contributed by atoms with van der Waals surface area (Å²) in [6.07, 6.45) is 0.621. The SMILES string of the molecule is C[C@@H](NCC1CCN(c2c(F)cc(C(=O)O)cc2F)CC1c1cccc(F)c1)c1cccc2ccccc12. The van der Waals surface area contributed by atoms with Gasteiger partial charge in [-0.15, -0.1) is 0 Å². The molecular formula is C31H29F3N2O2. The summed E-state index contributed by atoms with van der Waals surface area (Å²) in [5, 5.41) is 15.1. The standard InChI is InChI=1S/C31H29F3N2O2/c1-19(25-11-5-7-20-6-2-3-10-26(20)25)35-17-22-12-13-36(18-27(22)21-8-4-9-24(32)14-21)30-28(33)15-23(31(37)38)16-29(30)34/h2-11,14-16,19,22,27,35H,12-13,17-18H2,1H3,(H,37,38)/t19-,22?,27?/m1/s1. The van der Waals surface area contributed by atoms with Gasteiger partial charge in [0.15, 0.2) is 0 Å². The lowest BCUT2D eigenvalue weighted by Crippen LogP contribution is -2.43. The maximum absolute atomic E-state index is 14.9. The molecule has 0 radical (unpaired) electrons. The second kappa shape index (κ2) is 10.9. The zero-order valence-electron chi connectivity index (χ0n) is 21.0. The van der Waals surface area contributed by atoms with Crippen LogP contribution in [-0.2, 0) is 0 Å². The topological polar surface area (TPSA) is 52.6 Å². The maximum atomic E-state index is 14.9. The summed E-state index contributed by atoms with van der Waals surface area (Å²) in [6, 6.07) is 22.6. The summed E-state index contributed by atoms with van der Waals surface area (Å²) in [6.45, 7) is 3.42. The van der Waals surface area contributed by atoms with Gasteiger partial charge in [-0.05, 0) is 72.0 Å². The van der Waals surface area contributed by atoms with Gasteiger partial charge < -0.3 is 15.3 Å². The Labute approximate surface area is 219 Å². The van der Waals surface area contributed by atoms with Crippen LogP contribution in [0.1, 0.15) is 46.8 Å². The Kier molecular flexibility index (Phi) is 7.38. The number of carboxylic acid groups (broad SMARTS) is 1. The van der Waals surface area contributed by atoms with Crippen LogP contribution < -0.4 is 10.2 Å². The summed E-state index contributed by atoms with van der Waals surface area (Å²) in [5.41, 5.74) is 1.27. The number of carbonyl (C=O) groups is 1. The number of nitrogens with one attached hydrogen (secondary N) is 1. The van der Waals surface area contributed by atoms with Crippen LogP contribution in [0, 0.1) is 23.4 Å². The quantitative estimate of drug-likeness (QED) is 0.279. The minimum absolute atomic E-state index is 0.0609. The van der Waals surface area contributed by atoms with E-state index in [0.29, 0.717) is 19.5 Å². The van der Waals surface area contributed by atoms with Gasteiger partial charge in [-0.1, -0.05) is 54.6 Å². The molecule has 0 amide bonds. The average molecular weight is 519 g/mol. The van der Waals surface area contributed by atoms with Crippen molar-refractivity contribution >= 4 is 22.4 Å². The van der Waals surface area contributed by atoms with Crippen molar-refractivity contribution in [3.8, 4) is 0 Å². The van der Waals surface area contributed by atoms with E-state index in [2.05, 4.69) is 36.5 Å². The first-order valence-corrected chi connectivity index (χ1v) is 12.8. The van der Waals surface area contributed by atoms with Gasteiger partial charge in [-0.25, -0.2) is 18.0 Å². The van der Waals surface area contributed by atoms with E-state index in [1.807, 2.05) is 24.3 Å². The van der Waals surface area contributed by atoms with E-state index in [9.17, 15) is 18.0 Å². The van der Waals surface area contributed by atoms with E-state index in [-0.39, 0.29) is 35.9 Å². The molecule has 196 valence electrons. The van der Waals surface area contributed by atoms with E-state index in [1.54, 1.807) is 11.0 Å². The number of rotatable bonds is 7. The molecule has 5 rings (SSSR count). The summed E-state index contributed by atoms with van der Waals surface area (Å²) >= 11 is 0. The lowest BCUT2D eigenvalue weighted by molar-refractivity contribution is 0.0695. The molecule has 1 aliphatic heterocycles. The predicted octanol–water partition coefficient (Wildman–Crippen LogP) is 6.92. The Bertz CT molecular complexity index is 1450. The van der Waals surface area contributed by atoms with E-state index in [0.717, 1.165) is 17.7 Å². The molecule has 1 heterocycles. The molecule has 0 aromatic heterocycles. The van der Waals surface area contributed by atoms with E-state index in [1.165, 1.54) is 28.5 Å². The molecule has 3 atom stereocenters. The molecular weight excluding hydrogens is 489 g/mol. The van der Waals surface area contributed by atoms with Crippen LogP contribution in [0.2, 0.25) is 0 Å². The minimum Gasteiger partial charge on any atom is -0.478 e. The number of halogens is 3. The Balaban J connectivity index is 1.39. The summed E-state index contributed by atoms with van der Waals surface area (Å²) in [5.74, 6) is -3.68. The first-order valence-electron chi connectivity index (χ1n) is 12.8. The molecule has 2 N–H and O–H groups in total. The summed E-state index contributed by atoms with van der Waals surface area (Å²) in [7, 11) is 0. The highest BCUT2D eigenvalue weighted by Crippen LogP contribution is 2.37. The molecule has 38 heavy (non-hydrogen) atoms. The Morgan fingerprint density at radius 1 is 1.00 bits per heavy atom. The summed E-state index contributed by atoms with van der Waals surface area (Å²) in [4.78, 5) is 12.8. The van der Waals surface area contributed by atoms with Gasteiger partial charge in [-0.3, -0.25) is 0 Å². The van der Waals surface area contributed by atoms with Gasteiger partial charge in [0.2, 0.25) is 0 Å². The molecule has 4 nitrogen and oxygen atoms in total. The smallest absolute Gasteiger partial charge is 0.335 e. The highest BCUT2D eigenvalue weighted by Gasteiger charge is 2.33. The van der Waals surface area contributed by atoms with E-state index in [4.69, 9.17) is 5.11 Å². The van der Waals surface area contributed by atoms with Crippen LogP contribution >= 0.6 is 0 Å². The molecule has 0 aliphatic carbocycles. The highest BCUT2D eigenvalue weighted by molar-refractivity contribution is 5.88. The lowest BCUT2D eigenvalue weighted by Gasteiger charge is -2.41. The minimum atomic E-state index is -1.39. The van der Waals surface area contributed by atoms with Crippen molar-refractivity contribution in [2.24, 2.45) is 5.92 Å². The molecule has 7 heteroatoms. The van der Waals surface area contributed by atoms with Gasteiger partial charge in [-0.2, -0.15) is 0 Å². The van der Waals surface area contributed by atoms with Crippen LogP contribution in [0.5, 0.6) is 0 Å². The third kappa shape index (κ3) is 5.24. The van der Waals surface area contributed by atoms with Crippen LogP contribution in [0.15, 0.2) is 78.9 Å². The first-order chi connectivity index (χ1) is 18.3. The number of nitrogens with zero attached hydrogens (tertiary/aromatic N) is 1. The zero-order chi connectivity index (χ0) is 26.8. The third-order valence-electron chi connectivity index (χ3n) is 7.59. The van der Waals surface area contributed by atoms with Crippen molar-refractivity contribution in [2.45, 2.75) is 25.3 Å². The van der Waals surface area contributed by atoms with Gasteiger partial charge in [0.05, 0.1) is 5.56 Å².